The minimum absolute atomic E-state index is 0.399. The maximum absolute atomic E-state index is 12.9. The normalized spacial score (nSPS) is 17.1. The number of benzene rings is 1. The molecular formula is C17H24N4O3S. The molecule has 1 aromatic heterocycles. The van der Waals surface area contributed by atoms with Crippen LogP contribution in [0.1, 0.15) is 29.8 Å². The van der Waals surface area contributed by atoms with E-state index in [1.807, 2.05) is 32.9 Å². The van der Waals surface area contributed by atoms with E-state index >= 15 is 0 Å². The van der Waals surface area contributed by atoms with E-state index in [0.29, 0.717) is 49.3 Å². The number of sulfonamides is 1. The third kappa shape index (κ3) is 3.91. The van der Waals surface area contributed by atoms with Crippen LogP contribution in [-0.2, 0) is 23.0 Å². The first-order chi connectivity index (χ1) is 11.9. The highest BCUT2D eigenvalue weighted by Crippen LogP contribution is 2.22. The Morgan fingerprint density at radius 1 is 1.16 bits per heavy atom. The number of aromatic nitrogens is 2. The van der Waals surface area contributed by atoms with Gasteiger partial charge >= 0.3 is 0 Å². The first-order valence-corrected chi connectivity index (χ1v) is 9.95. The zero-order valence-electron chi connectivity index (χ0n) is 14.9. The van der Waals surface area contributed by atoms with Crippen molar-refractivity contribution in [2.75, 3.05) is 26.2 Å². The molecule has 2 aromatic rings. The van der Waals surface area contributed by atoms with Gasteiger partial charge in [0.05, 0.1) is 11.4 Å². The fourth-order valence-electron chi connectivity index (χ4n) is 3.05. The minimum atomic E-state index is -3.45. The summed E-state index contributed by atoms with van der Waals surface area (Å²) < 4.78 is 32.6. The van der Waals surface area contributed by atoms with Crippen molar-refractivity contribution in [3.05, 3.63) is 41.0 Å². The van der Waals surface area contributed by atoms with Crippen LogP contribution < -0.4 is 0 Å². The summed E-state index contributed by atoms with van der Waals surface area (Å²) in [5.41, 5.74) is 1.85. The van der Waals surface area contributed by atoms with E-state index in [1.165, 1.54) is 0 Å². The summed E-state index contributed by atoms with van der Waals surface area (Å²) >= 11 is 0. The Morgan fingerprint density at radius 2 is 1.88 bits per heavy atom. The van der Waals surface area contributed by atoms with Gasteiger partial charge in [0.2, 0.25) is 15.9 Å². The first-order valence-electron chi connectivity index (χ1n) is 8.51. The molecule has 25 heavy (non-hydrogen) atoms. The Bertz CT molecular complexity index is 839. The molecule has 1 aromatic carbocycles. The van der Waals surface area contributed by atoms with Crippen LogP contribution >= 0.6 is 0 Å². The van der Waals surface area contributed by atoms with Crippen molar-refractivity contribution in [2.24, 2.45) is 0 Å². The Labute approximate surface area is 148 Å². The quantitative estimate of drug-likeness (QED) is 0.804. The Morgan fingerprint density at radius 3 is 2.48 bits per heavy atom. The van der Waals surface area contributed by atoms with Crippen LogP contribution in [0.4, 0.5) is 0 Å². The second-order valence-corrected chi connectivity index (χ2v) is 8.31. The smallest absolute Gasteiger partial charge is 0.243 e. The zero-order valence-corrected chi connectivity index (χ0v) is 15.7. The van der Waals surface area contributed by atoms with Crippen LogP contribution in [0.3, 0.4) is 0 Å². The fraction of sp³-hybridized carbons (Fsp3) is 0.529. The lowest BCUT2D eigenvalue weighted by Gasteiger charge is -2.33. The lowest BCUT2D eigenvalue weighted by atomic mass is 10.2. The maximum Gasteiger partial charge on any atom is 0.243 e. The van der Waals surface area contributed by atoms with Gasteiger partial charge in [0.25, 0.3) is 0 Å². The molecule has 0 radical (unpaired) electrons. The molecule has 7 nitrogen and oxygen atoms in total. The van der Waals surface area contributed by atoms with Gasteiger partial charge < -0.3 is 4.52 Å². The molecule has 0 aliphatic carbocycles. The van der Waals surface area contributed by atoms with Gasteiger partial charge in [-0.2, -0.15) is 9.29 Å². The molecule has 1 aliphatic rings. The molecule has 1 aliphatic heterocycles. The zero-order chi connectivity index (χ0) is 18.0. The largest absolute Gasteiger partial charge is 0.338 e. The maximum atomic E-state index is 12.9. The average molecular weight is 364 g/mol. The Kier molecular flexibility index (Phi) is 5.21. The summed E-state index contributed by atoms with van der Waals surface area (Å²) in [7, 11) is -3.45. The van der Waals surface area contributed by atoms with E-state index in [2.05, 4.69) is 15.0 Å². The molecule has 0 spiro atoms. The lowest BCUT2D eigenvalue weighted by molar-refractivity contribution is 0.163. The number of hydrogen-bond donors (Lipinski definition) is 0. The van der Waals surface area contributed by atoms with Gasteiger partial charge in [-0.1, -0.05) is 29.8 Å². The second kappa shape index (κ2) is 7.23. The standard InChI is InChI=1S/C17H24N4O3S/c1-4-16-18-17(24-19-16)12-20-7-9-21(10-8-20)25(22,23)15-6-5-13(2)11-14(15)3/h5-6,11H,4,7-10,12H2,1-3H3. The molecule has 0 bridgehead atoms. The van der Waals surface area contributed by atoms with E-state index < -0.39 is 10.0 Å². The molecule has 8 heteroatoms. The van der Waals surface area contributed by atoms with Crippen LogP contribution in [-0.4, -0.2) is 53.9 Å². The van der Waals surface area contributed by atoms with Crippen molar-refractivity contribution in [1.29, 1.82) is 0 Å². The Balaban J connectivity index is 1.64. The van der Waals surface area contributed by atoms with Gasteiger partial charge in [-0.25, -0.2) is 8.42 Å². The molecule has 1 fully saturated rings. The highest BCUT2D eigenvalue weighted by molar-refractivity contribution is 7.89. The molecular weight excluding hydrogens is 340 g/mol. The Hall–Kier alpha value is -1.77. The van der Waals surface area contributed by atoms with E-state index in [-0.39, 0.29) is 0 Å². The third-order valence-electron chi connectivity index (χ3n) is 4.46. The number of piperazine rings is 1. The SMILES string of the molecule is CCc1noc(CN2CCN(S(=O)(=O)c3ccc(C)cc3C)CC2)n1. The number of hydrogen-bond acceptors (Lipinski definition) is 6. The van der Waals surface area contributed by atoms with Crippen LogP contribution in [0, 0.1) is 13.8 Å². The fourth-order valence-corrected chi connectivity index (χ4v) is 4.67. The summed E-state index contributed by atoms with van der Waals surface area (Å²) in [5.74, 6) is 1.29. The van der Waals surface area contributed by atoms with Crippen molar-refractivity contribution in [3.8, 4) is 0 Å². The summed E-state index contributed by atoms with van der Waals surface area (Å²) in [6.07, 6.45) is 0.741. The highest BCUT2D eigenvalue weighted by atomic mass is 32.2. The van der Waals surface area contributed by atoms with Crippen molar-refractivity contribution >= 4 is 10.0 Å². The van der Waals surface area contributed by atoms with Gasteiger partial charge in [-0.05, 0) is 25.5 Å². The topological polar surface area (TPSA) is 79.5 Å². The predicted octanol–water partition coefficient (Wildman–Crippen LogP) is 1.76. The summed E-state index contributed by atoms with van der Waals surface area (Å²) in [4.78, 5) is 6.85. The van der Waals surface area contributed by atoms with Crippen molar-refractivity contribution < 1.29 is 12.9 Å². The van der Waals surface area contributed by atoms with Crippen molar-refractivity contribution in [2.45, 2.75) is 38.6 Å². The number of aryl methyl sites for hydroxylation is 3. The molecule has 1 saturated heterocycles. The van der Waals surface area contributed by atoms with Gasteiger partial charge in [-0.15, -0.1) is 0 Å². The summed E-state index contributed by atoms with van der Waals surface area (Å²) in [6, 6.07) is 5.46. The van der Waals surface area contributed by atoms with E-state index in [9.17, 15) is 8.42 Å². The van der Waals surface area contributed by atoms with E-state index in [1.54, 1.807) is 10.4 Å². The van der Waals surface area contributed by atoms with E-state index in [0.717, 1.165) is 17.5 Å². The average Bonchev–Trinajstić information content (AvgIpc) is 3.02. The summed E-state index contributed by atoms with van der Waals surface area (Å²) in [6.45, 7) is 8.56. The van der Waals surface area contributed by atoms with Crippen LogP contribution in [0.15, 0.2) is 27.6 Å². The number of rotatable bonds is 5. The number of nitrogens with zero attached hydrogens (tertiary/aromatic N) is 4. The van der Waals surface area contributed by atoms with E-state index in [4.69, 9.17) is 4.52 Å². The highest BCUT2D eigenvalue weighted by Gasteiger charge is 2.30. The molecule has 0 unspecified atom stereocenters. The molecule has 0 saturated carbocycles. The molecule has 0 atom stereocenters. The van der Waals surface area contributed by atoms with Crippen molar-refractivity contribution in [3.63, 3.8) is 0 Å². The van der Waals surface area contributed by atoms with Crippen molar-refractivity contribution in [1.82, 2.24) is 19.3 Å². The molecule has 3 rings (SSSR count). The molecule has 2 heterocycles. The predicted molar refractivity (Wildman–Crippen MR) is 93.6 cm³/mol. The van der Waals surface area contributed by atoms with Crippen LogP contribution in [0.25, 0.3) is 0 Å². The van der Waals surface area contributed by atoms with Gasteiger partial charge in [-0.3, -0.25) is 4.90 Å². The van der Waals surface area contributed by atoms with Crippen LogP contribution in [0.2, 0.25) is 0 Å². The summed E-state index contributed by atoms with van der Waals surface area (Å²) in [5, 5.41) is 3.89. The molecule has 0 amide bonds. The van der Waals surface area contributed by atoms with Gasteiger partial charge in [0, 0.05) is 32.6 Å². The molecule has 0 N–H and O–H groups in total. The van der Waals surface area contributed by atoms with Gasteiger partial charge in [0.15, 0.2) is 5.82 Å². The van der Waals surface area contributed by atoms with Crippen LogP contribution in [0.5, 0.6) is 0 Å². The molecule has 136 valence electrons. The second-order valence-electron chi connectivity index (χ2n) is 6.41. The van der Waals surface area contributed by atoms with Gasteiger partial charge in [0.1, 0.15) is 0 Å². The third-order valence-corrected chi connectivity index (χ3v) is 6.52. The monoisotopic (exact) mass is 364 g/mol. The first kappa shape index (κ1) is 18.0. The lowest BCUT2D eigenvalue weighted by Crippen LogP contribution is -2.48. The minimum Gasteiger partial charge on any atom is -0.338 e.